The zero-order chi connectivity index (χ0) is 19.0. The first-order valence-electron chi connectivity index (χ1n) is 9.66. The molecule has 26 heavy (non-hydrogen) atoms. The molecule has 6 nitrogen and oxygen atoms in total. The highest BCUT2D eigenvalue weighted by atomic mass is 32.2. The van der Waals surface area contributed by atoms with E-state index in [1.54, 1.807) is 16.4 Å². The van der Waals surface area contributed by atoms with Gasteiger partial charge in [0.1, 0.15) is 0 Å². The monoisotopic (exact) mass is 382 g/mol. The van der Waals surface area contributed by atoms with Crippen molar-refractivity contribution in [3.05, 3.63) is 29.8 Å². The molecule has 1 amide bonds. The molecule has 2 N–H and O–H groups in total. The molecular weight excluding hydrogens is 350 g/mol. The molecule has 1 aromatic rings. The van der Waals surface area contributed by atoms with Crippen LogP contribution in [0.4, 0.5) is 0 Å². The molecule has 0 radical (unpaired) electrons. The third-order valence-electron chi connectivity index (χ3n) is 4.79. The van der Waals surface area contributed by atoms with E-state index in [4.69, 9.17) is 0 Å². The van der Waals surface area contributed by atoms with Crippen LogP contribution in [0.15, 0.2) is 29.2 Å². The fourth-order valence-corrected chi connectivity index (χ4v) is 4.62. The molecular formula is C19H32N3O3S+. The molecule has 7 heteroatoms. The van der Waals surface area contributed by atoms with Crippen molar-refractivity contribution in [2.75, 3.05) is 39.3 Å². The molecule has 0 atom stereocenters. The number of rotatable bonds is 9. The van der Waals surface area contributed by atoms with E-state index < -0.39 is 10.0 Å². The Kier molecular flexibility index (Phi) is 8.06. The third-order valence-corrected chi connectivity index (χ3v) is 6.71. The molecule has 1 aromatic carbocycles. The van der Waals surface area contributed by atoms with Crippen LogP contribution in [-0.4, -0.2) is 57.9 Å². The summed E-state index contributed by atoms with van der Waals surface area (Å²) < 4.78 is 27.1. The van der Waals surface area contributed by atoms with Crippen LogP contribution in [0, 0.1) is 0 Å². The molecule has 1 aliphatic heterocycles. The molecule has 0 aliphatic carbocycles. The number of unbranched alkanes of at least 4 members (excludes halogenated alkanes) is 1. The fourth-order valence-electron chi connectivity index (χ4n) is 3.18. The van der Waals surface area contributed by atoms with Crippen LogP contribution in [0.3, 0.4) is 0 Å². The second-order valence-electron chi connectivity index (χ2n) is 6.93. The number of benzene rings is 1. The molecule has 0 spiro atoms. The van der Waals surface area contributed by atoms with E-state index in [0.29, 0.717) is 37.6 Å². The van der Waals surface area contributed by atoms with Gasteiger partial charge in [0, 0.05) is 6.54 Å². The van der Waals surface area contributed by atoms with Gasteiger partial charge in [-0.05, 0) is 30.5 Å². The molecule has 1 heterocycles. The van der Waals surface area contributed by atoms with E-state index in [-0.39, 0.29) is 5.91 Å². The molecule has 146 valence electrons. The summed E-state index contributed by atoms with van der Waals surface area (Å²) in [5.74, 6) is 0.0521. The van der Waals surface area contributed by atoms with Crippen LogP contribution in [0.5, 0.6) is 0 Å². The normalized spacial score (nSPS) is 16.5. The number of nitrogens with one attached hydrogen (secondary N) is 2. The minimum atomic E-state index is -3.44. The van der Waals surface area contributed by atoms with Gasteiger partial charge in [-0.1, -0.05) is 38.8 Å². The van der Waals surface area contributed by atoms with Gasteiger partial charge in [-0.3, -0.25) is 4.79 Å². The van der Waals surface area contributed by atoms with Crippen molar-refractivity contribution in [1.82, 2.24) is 9.62 Å². The van der Waals surface area contributed by atoms with Crippen LogP contribution in [0.1, 0.15) is 38.7 Å². The molecule has 1 aliphatic rings. The Bertz CT molecular complexity index is 666. The predicted molar refractivity (Wildman–Crippen MR) is 103 cm³/mol. The number of aryl methyl sites for hydroxylation is 1. The number of carbonyl (C=O) groups is 1. The predicted octanol–water partition coefficient (Wildman–Crippen LogP) is 0.445. The number of carbonyl (C=O) groups excluding carboxylic acids is 1. The summed E-state index contributed by atoms with van der Waals surface area (Å²) >= 11 is 0. The Morgan fingerprint density at radius 3 is 2.35 bits per heavy atom. The van der Waals surface area contributed by atoms with E-state index >= 15 is 0 Å². The van der Waals surface area contributed by atoms with Gasteiger partial charge in [-0.25, -0.2) is 8.42 Å². The number of sulfonamides is 1. The van der Waals surface area contributed by atoms with Crippen molar-refractivity contribution < 1.29 is 18.1 Å². The van der Waals surface area contributed by atoms with E-state index in [1.807, 2.05) is 12.1 Å². The Hall–Kier alpha value is -1.44. The lowest BCUT2D eigenvalue weighted by Crippen LogP contribution is -3.15. The molecule has 1 fully saturated rings. The fraction of sp³-hybridized carbons (Fsp3) is 0.632. The molecule has 0 unspecified atom stereocenters. The van der Waals surface area contributed by atoms with Gasteiger partial charge in [0.05, 0.1) is 31.1 Å². The highest BCUT2D eigenvalue weighted by Crippen LogP contribution is 2.17. The van der Waals surface area contributed by atoms with Crippen molar-refractivity contribution in [2.24, 2.45) is 0 Å². The number of nitrogens with zero attached hydrogens (tertiary/aromatic N) is 1. The van der Waals surface area contributed by atoms with Gasteiger partial charge in [0.25, 0.3) is 5.91 Å². The first-order valence-corrected chi connectivity index (χ1v) is 11.1. The Morgan fingerprint density at radius 1 is 1.12 bits per heavy atom. The van der Waals surface area contributed by atoms with Crippen molar-refractivity contribution in [2.45, 2.75) is 44.4 Å². The summed E-state index contributed by atoms with van der Waals surface area (Å²) in [5, 5.41) is 2.92. The lowest BCUT2D eigenvalue weighted by molar-refractivity contribution is -0.895. The van der Waals surface area contributed by atoms with Crippen molar-refractivity contribution in [3.63, 3.8) is 0 Å². The van der Waals surface area contributed by atoms with Crippen LogP contribution in [0.25, 0.3) is 0 Å². The van der Waals surface area contributed by atoms with Gasteiger partial charge >= 0.3 is 0 Å². The van der Waals surface area contributed by atoms with Crippen molar-refractivity contribution in [1.29, 1.82) is 0 Å². The summed E-state index contributed by atoms with van der Waals surface area (Å²) in [7, 11) is -3.44. The second kappa shape index (κ2) is 10.0. The van der Waals surface area contributed by atoms with Crippen molar-refractivity contribution in [3.8, 4) is 0 Å². The standard InChI is InChI=1S/C19H31N3O3S/c1-3-5-11-20-19(23)16-21-12-14-22(15-13-21)26(24,25)18-9-7-17(6-4-2)8-10-18/h7-10H,3-6,11-16H2,1-2H3,(H,20,23)/p+1. The van der Waals surface area contributed by atoms with E-state index in [1.165, 1.54) is 0 Å². The van der Waals surface area contributed by atoms with E-state index in [2.05, 4.69) is 19.2 Å². The number of piperazine rings is 1. The third kappa shape index (κ3) is 5.79. The summed E-state index contributed by atoms with van der Waals surface area (Å²) in [6, 6.07) is 7.22. The smallest absolute Gasteiger partial charge is 0.275 e. The highest BCUT2D eigenvalue weighted by Gasteiger charge is 2.31. The summed E-state index contributed by atoms with van der Waals surface area (Å²) in [4.78, 5) is 13.4. The number of amides is 1. The number of hydrogen-bond acceptors (Lipinski definition) is 3. The minimum Gasteiger partial charge on any atom is -0.351 e. The zero-order valence-electron chi connectivity index (χ0n) is 16.0. The Morgan fingerprint density at radius 2 is 1.77 bits per heavy atom. The lowest BCUT2D eigenvalue weighted by atomic mass is 10.1. The minimum absolute atomic E-state index is 0.0521. The second-order valence-corrected chi connectivity index (χ2v) is 8.87. The van der Waals surface area contributed by atoms with Crippen LogP contribution in [0.2, 0.25) is 0 Å². The maximum absolute atomic E-state index is 12.8. The Balaban J connectivity index is 1.86. The van der Waals surface area contributed by atoms with Gasteiger partial charge in [0.15, 0.2) is 6.54 Å². The van der Waals surface area contributed by atoms with Crippen LogP contribution >= 0.6 is 0 Å². The van der Waals surface area contributed by atoms with E-state index in [9.17, 15) is 13.2 Å². The first-order chi connectivity index (χ1) is 12.5. The first kappa shape index (κ1) is 20.9. The molecule has 2 rings (SSSR count). The lowest BCUT2D eigenvalue weighted by Gasteiger charge is -2.31. The van der Waals surface area contributed by atoms with Crippen LogP contribution < -0.4 is 10.2 Å². The maximum Gasteiger partial charge on any atom is 0.275 e. The number of quaternary nitrogens is 1. The zero-order valence-corrected chi connectivity index (χ0v) is 16.8. The summed E-state index contributed by atoms with van der Waals surface area (Å²) in [6.07, 6.45) is 4.05. The topological polar surface area (TPSA) is 70.9 Å². The average Bonchev–Trinajstić information content (AvgIpc) is 2.63. The number of hydrogen-bond donors (Lipinski definition) is 2. The largest absolute Gasteiger partial charge is 0.351 e. The quantitative estimate of drug-likeness (QED) is 0.609. The highest BCUT2D eigenvalue weighted by molar-refractivity contribution is 7.89. The molecule has 0 aromatic heterocycles. The van der Waals surface area contributed by atoms with Crippen LogP contribution in [-0.2, 0) is 21.2 Å². The van der Waals surface area contributed by atoms with Gasteiger partial charge in [0.2, 0.25) is 10.0 Å². The maximum atomic E-state index is 12.8. The van der Waals surface area contributed by atoms with Gasteiger partial charge in [-0.15, -0.1) is 0 Å². The molecule has 1 saturated heterocycles. The van der Waals surface area contributed by atoms with E-state index in [0.717, 1.165) is 42.7 Å². The summed E-state index contributed by atoms with van der Waals surface area (Å²) in [6.45, 7) is 7.57. The molecule has 0 saturated carbocycles. The van der Waals surface area contributed by atoms with Gasteiger partial charge < -0.3 is 10.2 Å². The van der Waals surface area contributed by atoms with Gasteiger partial charge in [-0.2, -0.15) is 4.31 Å². The van der Waals surface area contributed by atoms with Crippen molar-refractivity contribution >= 4 is 15.9 Å². The molecule has 0 bridgehead atoms. The average molecular weight is 383 g/mol. The summed E-state index contributed by atoms with van der Waals surface area (Å²) in [5.41, 5.74) is 1.16. The Labute approximate surface area is 157 Å². The SMILES string of the molecule is CCCCNC(=O)C[NH+]1CCN(S(=O)(=O)c2ccc(CCC)cc2)CC1.